The average molecular weight is 109 g/mol. The van der Waals surface area contributed by atoms with E-state index in [1.807, 2.05) is 6.92 Å². The lowest BCUT2D eigenvalue weighted by Crippen LogP contribution is -1.68. The predicted octanol–water partition coefficient (Wildman–Crippen LogP) is 0.620. The van der Waals surface area contributed by atoms with Gasteiger partial charge in [0.1, 0.15) is 0 Å². The fraction of sp³-hybridized carbons (Fsp3) is 0.333. The minimum atomic E-state index is 0.698. The second-order valence-electron chi connectivity index (χ2n) is 1.05. The van der Waals surface area contributed by atoms with Gasteiger partial charge in [-0.3, -0.25) is 9.79 Å². The molecule has 0 aromatic rings. The van der Waals surface area contributed by atoms with E-state index < -0.39 is 0 Å². The van der Waals surface area contributed by atoms with Crippen LogP contribution in [0.5, 0.6) is 0 Å². The molecule has 2 nitrogen and oxygen atoms in total. The number of rotatable bonds is 3. The van der Waals surface area contributed by atoms with E-state index in [2.05, 4.69) is 11.2 Å². The molecule has 0 saturated heterocycles. The number of aliphatic imine (C=N–C) groups is 1. The summed E-state index contributed by atoms with van der Waals surface area (Å²) in [5.41, 5.74) is 0. The van der Waals surface area contributed by atoms with Crippen LogP contribution in [0.4, 0.5) is 0 Å². The molecule has 8 heavy (non-hydrogen) atoms. The summed E-state index contributed by atoms with van der Waals surface area (Å²) < 4.78 is 0. The summed E-state index contributed by atoms with van der Waals surface area (Å²) in [7, 11) is 0. The van der Waals surface area contributed by atoms with E-state index in [9.17, 15) is 4.79 Å². The molecular formula is C6H7NO. The van der Waals surface area contributed by atoms with Gasteiger partial charge in [-0.05, 0) is 19.1 Å². The summed E-state index contributed by atoms with van der Waals surface area (Å²) >= 11 is 0. The molecule has 0 aromatic carbocycles. The summed E-state index contributed by atoms with van der Waals surface area (Å²) in [6, 6.07) is 0. The van der Waals surface area contributed by atoms with Gasteiger partial charge in [0.05, 0.1) is 6.21 Å². The van der Waals surface area contributed by atoms with Crippen LogP contribution in [0.15, 0.2) is 17.1 Å². The molecule has 0 aliphatic rings. The van der Waals surface area contributed by atoms with Crippen molar-refractivity contribution in [1.29, 1.82) is 0 Å². The SMILES string of the molecule is CC/N=[C]/C=C\[C]=O. The van der Waals surface area contributed by atoms with Crippen molar-refractivity contribution in [2.24, 2.45) is 4.99 Å². The summed E-state index contributed by atoms with van der Waals surface area (Å²) in [6.45, 7) is 2.59. The van der Waals surface area contributed by atoms with Gasteiger partial charge in [0.25, 0.3) is 0 Å². The van der Waals surface area contributed by atoms with Crippen LogP contribution in [0, 0.1) is 0 Å². The zero-order chi connectivity index (χ0) is 6.24. The van der Waals surface area contributed by atoms with Gasteiger partial charge < -0.3 is 0 Å². The molecule has 0 unspecified atom stereocenters. The molecule has 0 bridgehead atoms. The van der Waals surface area contributed by atoms with Crippen LogP contribution in [0.3, 0.4) is 0 Å². The zero-order valence-electron chi connectivity index (χ0n) is 4.72. The maximum atomic E-state index is 9.47. The molecule has 2 heteroatoms. The molecule has 0 aliphatic carbocycles. The third-order valence-corrected chi connectivity index (χ3v) is 0.475. The Labute approximate surface area is 48.9 Å². The van der Waals surface area contributed by atoms with Crippen molar-refractivity contribution >= 4 is 12.5 Å². The summed E-state index contributed by atoms with van der Waals surface area (Å²) in [5, 5.41) is 0. The number of nitrogens with zero attached hydrogens (tertiary/aromatic N) is 1. The normalized spacial score (nSPS) is 11.1. The first-order valence-corrected chi connectivity index (χ1v) is 2.36. The van der Waals surface area contributed by atoms with Crippen LogP contribution in [0.1, 0.15) is 6.92 Å². The second-order valence-corrected chi connectivity index (χ2v) is 1.05. The van der Waals surface area contributed by atoms with Crippen molar-refractivity contribution < 1.29 is 4.79 Å². The maximum absolute atomic E-state index is 9.47. The molecule has 0 heterocycles. The molecular weight excluding hydrogens is 102 g/mol. The van der Waals surface area contributed by atoms with Crippen molar-refractivity contribution in [2.45, 2.75) is 6.92 Å². The van der Waals surface area contributed by atoms with E-state index in [1.165, 1.54) is 12.2 Å². The highest BCUT2D eigenvalue weighted by molar-refractivity contribution is 5.79. The Balaban J connectivity index is 3.26. The van der Waals surface area contributed by atoms with Gasteiger partial charge in [0, 0.05) is 6.54 Å². The van der Waals surface area contributed by atoms with Gasteiger partial charge in [-0.1, -0.05) is 0 Å². The lowest BCUT2D eigenvalue weighted by molar-refractivity contribution is 0.564. The Hall–Kier alpha value is -0.920. The molecule has 0 fully saturated rings. The largest absolute Gasteiger partial charge is 0.286 e. The van der Waals surface area contributed by atoms with Crippen LogP contribution < -0.4 is 0 Å². The highest BCUT2D eigenvalue weighted by Gasteiger charge is 1.63. The van der Waals surface area contributed by atoms with Crippen LogP contribution in [0.2, 0.25) is 0 Å². The smallest absolute Gasteiger partial charge is 0.225 e. The summed E-state index contributed by atoms with van der Waals surface area (Å²) in [6.07, 6.45) is 6.74. The fourth-order valence-electron chi connectivity index (χ4n) is 0.215. The van der Waals surface area contributed by atoms with Crippen LogP contribution in [-0.4, -0.2) is 19.0 Å². The first-order chi connectivity index (χ1) is 3.91. The average Bonchev–Trinajstić information content (AvgIpc) is 1.81. The summed E-state index contributed by atoms with van der Waals surface area (Å²) in [4.78, 5) is 13.2. The van der Waals surface area contributed by atoms with Crippen LogP contribution in [0.25, 0.3) is 0 Å². The van der Waals surface area contributed by atoms with E-state index >= 15 is 0 Å². The topological polar surface area (TPSA) is 29.4 Å². The number of carbonyl (C=O) groups excluding carboxylic acids is 1. The number of hydrogen-bond donors (Lipinski definition) is 0. The minimum Gasteiger partial charge on any atom is -0.286 e. The first kappa shape index (κ1) is 7.08. The molecule has 0 rings (SSSR count). The Morgan fingerprint density at radius 2 is 2.38 bits per heavy atom. The molecule has 0 aliphatic heterocycles. The summed E-state index contributed by atoms with van der Waals surface area (Å²) in [5.74, 6) is 0. The van der Waals surface area contributed by atoms with Gasteiger partial charge in [-0.25, -0.2) is 0 Å². The van der Waals surface area contributed by atoms with Crippen molar-refractivity contribution in [3.63, 3.8) is 0 Å². The van der Waals surface area contributed by atoms with E-state index in [0.717, 1.165) is 0 Å². The van der Waals surface area contributed by atoms with Gasteiger partial charge in [-0.15, -0.1) is 0 Å². The maximum Gasteiger partial charge on any atom is 0.225 e. The van der Waals surface area contributed by atoms with Crippen molar-refractivity contribution in [3.05, 3.63) is 12.2 Å². The molecule has 0 saturated carbocycles. The Bertz CT molecular complexity index is 105. The first-order valence-electron chi connectivity index (χ1n) is 2.36. The van der Waals surface area contributed by atoms with Crippen molar-refractivity contribution in [2.75, 3.05) is 6.54 Å². The lowest BCUT2D eigenvalue weighted by Gasteiger charge is -1.70. The van der Waals surface area contributed by atoms with Crippen LogP contribution >= 0.6 is 0 Å². The Morgan fingerprint density at radius 1 is 1.62 bits per heavy atom. The Morgan fingerprint density at radius 3 is 2.88 bits per heavy atom. The van der Waals surface area contributed by atoms with Crippen molar-refractivity contribution in [1.82, 2.24) is 0 Å². The van der Waals surface area contributed by atoms with E-state index in [-0.39, 0.29) is 0 Å². The highest BCUT2D eigenvalue weighted by Crippen LogP contribution is 1.64. The fourth-order valence-corrected chi connectivity index (χ4v) is 0.215. The Kier molecular flexibility index (Phi) is 5.38. The van der Waals surface area contributed by atoms with Gasteiger partial charge in [0.15, 0.2) is 0 Å². The molecule has 0 aromatic heterocycles. The van der Waals surface area contributed by atoms with E-state index in [1.54, 1.807) is 6.29 Å². The zero-order valence-corrected chi connectivity index (χ0v) is 4.72. The molecule has 42 valence electrons. The number of allylic oxidation sites excluding steroid dienone is 2. The van der Waals surface area contributed by atoms with Crippen LogP contribution in [-0.2, 0) is 4.79 Å². The van der Waals surface area contributed by atoms with E-state index in [0.29, 0.717) is 6.54 Å². The third-order valence-electron chi connectivity index (χ3n) is 0.475. The van der Waals surface area contributed by atoms with Gasteiger partial charge >= 0.3 is 0 Å². The third kappa shape index (κ3) is 5.08. The van der Waals surface area contributed by atoms with E-state index in [4.69, 9.17) is 0 Å². The highest BCUT2D eigenvalue weighted by atomic mass is 16.1. The minimum absolute atomic E-state index is 0.698. The van der Waals surface area contributed by atoms with Gasteiger partial charge in [-0.2, -0.15) is 0 Å². The van der Waals surface area contributed by atoms with Gasteiger partial charge in [0.2, 0.25) is 6.29 Å². The van der Waals surface area contributed by atoms with Crippen molar-refractivity contribution in [3.8, 4) is 0 Å². The predicted molar refractivity (Wildman–Crippen MR) is 32.8 cm³/mol. The molecule has 0 N–H and O–H groups in total. The second kappa shape index (κ2) is 6.08. The molecule has 0 amide bonds. The molecule has 2 radical (unpaired) electrons. The molecule has 0 atom stereocenters. The standard InChI is InChI=1S/C6H7NO/c1-2-7-5-3-4-6-8/h3-4H,2H2,1H3/b4-3-,7-5?. The lowest BCUT2D eigenvalue weighted by atomic mass is 10.5. The monoisotopic (exact) mass is 109 g/mol. The molecule has 0 spiro atoms. The number of hydrogen-bond acceptors (Lipinski definition) is 2. The quantitative estimate of drug-likeness (QED) is 0.386.